The van der Waals surface area contributed by atoms with Gasteiger partial charge in [-0.3, -0.25) is 4.90 Å². The quantitative estimate of drug-likeness (QED) is 0.641. The maximum Gasteiger partial charge on any atom is 0.251 e. The molecule has 0 saturated carbocycles. The fraction of sp³-hybridized carbons (Fsp3) is 1.00. The van der Waals surface area contributed by atoms with Crippen LogP contribution in [0.25, 0.3) is 0 Å². The van der Waals surface area contributed by atoms with E-state index < -0.39 is 6.43 Å². The summed E-state index contributed by atoms with van der Waals surface area (Å²) in [5, 5.41) is 0. The fourth-order valence-corrected chi connectivity index (χ4v) is 2.56. The van der Waals surface area contributed by atoms with Crippen LogP contribution in [0.5, 0.6) is 0 Å². The standard InChI is InChI=1S/C9H16F2N2/c1-12-4-2-9(7-12)3-5-13(9)6-8(10)11/h8H,2-7H2,1H3. The van der Waals surface area contributed by atoms with E-state index in [4.69, 9.17) is 0 Å². The molecule has 2 heterocycles. The Hall–Kier alpha value is -0.220. The fourth-order valence-electron chi connectivity index (χ4n) is 2.56. The van der Waals surface area contributed by atoms with Crippen LogP contribution in [-0.2, 0) is 0 Å². The molecule has 1 atom stereocenters. The molecule has 2 nitrogen and oxygen atoms in total. The first-order chi connectivity index (χ1) is 6.12. The Labute approximate surface area is 77.5 Å². The van der Waals surface area contributed by atoms with Gasteiger partial charge < -0.3 is 4.90 Å². The lowest BCUT2D eigenvalue weighted by molar-refractivity contribution is -0.0452. The second kappa shape index (κ2) is 3.17. The summed E-state index contributed by atoms with van der Waals surface area (Å²) in [7, 11) is 2.06. The van der Waals surface area contributed by atoms with Crippen molar-refractivity contribution in [3.8, 4) is 0 Å². The SMILES string of the molecule is CN1CCC2(CCN2CC(F)F)C1. The van der Waals surface area contributed by atoms with E-state index in [1.807, 2.05) is 4.90 Å². The molecule has 0 bridgehead atoms. The third-order valence-electron chi connectivity index (χ3n) is 3.40. The highest BCUT2D eigenvalue weighted by Gasteiger charge is 2.48. The minimum Gasteiger partial charge on any atom is -0.304 e. The summed E-state index contributed by atoms with van der Waals surface area (Å²) in [6.45, 7) is 2.85. The molecule has 2 fully saturated rings. The monoisotopic (exact) mass is 190 g/mol. The van der Waals surface area contributed by atoms with Crippen molar-refractivity contribution in [1.29, 1.82) is 0 Å². The predicted octanol–water partition coefficient (Wildman–Crippen LogP) is 1.03. The molecule has 1 spiro atoms. The maximum atomic E-state index is 12.2. The molecule has 0 N–H and O–H groups in total. The van der Waals surface area contributed by atoms with Gasteiger partial charge in [-0.05, 0) is 26.4 Å². The molecule has 2 aliphatic rings. The lowest BCUT2D eigenvalue weighted by atomic mass is 9.84. The number of hydrogen-bond donors (Lipinski definition) is 0. The van der Waals surface area contributed by atoms with Gasteiger partial charge in [0.25, 0.3) is 6.43 Å². The van der Waals surface area contributed by atoms with E-state index >= 15 is 0 Å². The van der Waals surface area contributed by atoms with Gasteiger partial charge in [0.05, 0.1) is 6.54 Å². The molecule has 0 aromatic carbocycles. The zero-order valence-electron chi connectivity index (χ0n) is 7.97. The van der Waals surface area contributed by atoms with E-state index in [2.05, 4.69) is 11.9 Å². The van der Waals surface area contributed by atoms with Crippen molar-refractivity contribution in [1.82, 2.24) is 9.80 Å². The highest BCUT2D eigenvalue weighted by atomic mass is 19.3. The Morgan fingerprint density at radius 2 is 2.00 bits per heavy atom. The van der Waals surface area contributed by atoms with Crippen LogP contribution in [0.15, 0.2) is 0 Å². The highest BCUT2D eigenvalue weighted by Crippen LogP contribution is 2.38. The van der Waals surface area contributed by atoms with Gasteiger partial charge in [-0.2, -0.15) is 0 Å². The molecule has 4 heteroatoms. The third-order valence-corrected chi connectivity index (χ3v) is 3.40. The Morgan fingerprint density at radius 1 is 1.31 bits per heavy atom. The van der Waals surface area contributed by atoms with Gasteiger partial charge in [-0.15, -0.1) is 0 Å². The van der Waals surface area contributed by atoms with Crippen LogP contribution >= 0.6 is 0 Å². The average Bonchev–Trinajstić information content (AvgIpc) is 2.44. The lowest BCUT2D eigenvalue weighted by Gasteiger charge is -2.50. The van der Waals surface area contributed by atoms with Crippen LogP contribution in [0.4, 0.5) is 8.78 Å². The van der Waals surface area contributed by atoms with Crippen molar-refractivity contribution in [3.63, 3.8) is 0 Å². The Bertz CT molecular complexity index is 198. The van der Waals surface area contributed by atoms with Crippen LogP contribution < -0.4 is 0 Å². The molecule has 1 unspecified atom stereocenters. The van der Waals surface area contributed by atoms with Crippen molar-refractivity contribution in [2.75, 3.05) is 33.2 Å². The molecule has 0 aromatic rings. The summed E-state index contributed by atoms with van der Waals surface area (Å²) in [6.07, 6.45) is -0.0108. The average molecular weight is 190 g/mol. The number of nitrogens with zero attached hydrogens (tertiary/aromatic N) is 2. The zero-order chi connectivity index (χ0) is 9.47. The van der Waals surface area contributed by atoms with Gasteiger partial charge in [0, 0.05) is 18.6 Å². The minimum absolute atomic E-state index is 0.0339. The van der Waals surface area contributed by atoms with Crippen LogP contribution in [0, 0.1) is 0 Å². The van der Waals surface area contributed by atoms with Gasteiger partial charge in [-0.1, -0.05) is 0 Å². The van der Waals surface area contributed by atoms with Crippen LogP contribution in [0.3, 0.4) is 0 Å². The Morgan fingerprint density at radius 3 is 2.38 bits per heavy atom. The second-order valence-corrected chi connectivity index (χ2v) is 4.30. The minimum atomic E-state index is -2.18. The van der Waals surface area contributed by atoms with Crippen molar-refractivity contribution in [2.45, 2.75) is 24.8 Å². The van der Waals surface area contributed by atoms with E-state index in [1.54, 1.807) is 0 Å². The van der Waals surface area contributed by atoms with E-state index in [9.17, 15) is 8.78 Å². The number of likely N-dealkylation sites (N-methyl/N-ethyl adjacent to an activating group) is 1. The molecule has 13 heavy (non-hydrogen) atoms. The molecule has 0 aliphatic carbocycles. The summed E-state index contributed by atoms with van der Waals surface area (Å²) in [6, 6.07) is 0. The van der Waals surface area contributed by atoms with Crippen molar-refractivity contribution >= 4 is 0 Å². The van der Waals surface area contributed by atoms with Crippen LogP contribution in [0.1, 0.15) is 12.8 Å². The largest absolute Gasteiger partial charge is 0.304 e. The van der Waals surface area contributed by atoms with Crippen molar-refractivity contribution in [3.05, 3.63) is 0 Å². The van der Waals surface area contributed by atoms with Crippen molar-refractivity contribution in [2.24, 2.45) is 0 Å². The first-order valence-electron chi connectivity index (χ1n) is 4.84. The number of hydrogen-bond acceptors (Lipinski definition) is 2. The molecule has 2 aliphatic heterocycles. The summed E-state index contributed by atoms with van der Waals surface area (Å²) < 4.78 is 24.4. The molecular formula is C9H16F2N2. The number of rotatable bonds is 2. The van der Waals surface area contributed by atoms with Crippen LogP contribution in [0.2, 0.25) is 0 Å². The molecule has 2 rings (SSSR count). The molecular weight excluding hydrogens is 174 g/mol. The van der Waals surface area contributed by atoms with E-state index in [-0.39, 0.29) is 12.1 Å². The normalized spacial score (nSPS) is 36.0. The van der Waals surface area contributed by atoms with Crippen LogP contribution in [-0.4, -0.2) is 55.0 Å². The highest BCUT2D eigenvalue weighted by molar-refractivity contribution is 5.05. The summed E-state index contributed by atoms with van der Waals surface area (Å²) in [4.78, 5) is 4.19. The number of alkyl halides is 2. The molecule has 0 aromatic heterocycles. The Kier molecular flexibility index (Phi) is 2.28. The maximum absolute atomic E-state index is 12.2. The molecule has 2 saturated heterocycles. The van der Waals surface area contributed by atoms with Crippen molar-refractivity contribution < 1.29 is 8.78 Å². The second-order valence-electron chi connectivity index (χ2n) is 4.30. The van der Waals surface area contributed by atoms with E-state index in [1.165, 1.54) is 0 Å². The lowest BCUT2D eigenvalue weighted by Crippen LogP contribution is -2.62. The van der Waals surface area contributed by atoms with Gasteiger partial charge in [0.2, 0.25) is 0 Å². The Balaban J connectivity index is 1.93. The third kappa shape index (κ3) is 1.57. The predicted molar refractivity (Wildman–Crippen MR) is 47.0 cm³/mol. The van der Waals surface area contributed by atoms with E-state index in [0.717, 1.165) is 32.5 Å². The summed E-state index contributed by atoms with van der Waals surface area (Å²) in [5.74, 6) is 0. The van der Waals surface area contributed by atoms with E-state index in [0.29, 0.717) is 0 Å². The summed E-state index contributed by atoms with van der Waals surface area (Å²) in [5.41, 5.74) is 0.116. The number of likely N-dealkylation sites (tertiary alicyclic amines) is 2. The molecule has 0 amide bonds. The first kappa shape index (κ1) is 9.34. The first-order valence-corrected chi connectivity index (χ1v) is 4.84. The smallest absolute Gasteiger partial charge is 0.251 e. The van der Waals surface area contributed by atoms with Gasteiger partial charge >= 0.3 is 0 Å². The topological polar surface area (TPSA) is 6.48 Å². The summed E-state index contributed by atoms with van der Waals surface area (Å²) >= 11 is 0. The molecule has 0 radical (unpaired) electrons. The molecule has 76 valence electrons. The van der Waals surface area contributed by atoms with Gasteiger partial charge in [0.1, 0.15) is 0 Å². The number of halogens is 2. The van der Waals surface area contributed by atoms with Gasteiger partial charge in [-0.25, -0.2) is 8.78 Å². The van der Waals surface area contributed by atoms with Gasteiger partial charge in [0.15, 0.2) is 0 Å². The zero-order valence-corrected chi connectivity index (χ0v) is 7.97.